The van der Waals surface area contributed by atoms with Crippen molar-refractivity contribution in [3.63, 3.8) is 0 Å². The van der Waals surface area contributed by atoms with Crippen molar-refractivity contribution < 1.29 is 9.59 Å². The van der Waals surface area contributed by atoms with Crippen LogP contribution in [0.3, 0.4) is 0 Å². The van der Waals surface area contributed by atoms with E-state index in [4.69, 9.17) is 0 Å². The Morgan fingerprint density at radius 1 is 1.35 bits per heavy atom. The SMILES string of the molecule is Cc1cc(C(=O)NCC(=O)NCCCN(C)C)nn1C. The van der Waals surface area contributed by atoms with Gasteiger partial charge in [0.1, 0.15) is 5.69 Å². The van der Waals surface area contributed by atoms with Gasteiger partial charge in [-0.3, -0.25) is 14.3 Å². The molecular weight excluding hydrogens is 258 g/mol. The largest absolute Gasteiger partial charge is 0.355 e. The van der Waals surface area contributed by atoms with Crippen LogP contribution in [0.5, 0.6) is 0 Å². The molecule has 0 aliphatic carbocycles. The van der Waals surface area contributed by atoms with Crippen molar-refractivity contribution in [1.29, 1.82) is 0 Å². The van der Waals surface area contributed by atoms with Gasteiger partial charge >= 0.3 is 0 Å². The molecule has 7 nitrogen and oxygen atoms in total. The average Bonchev–Trinajstić information content (AvgIpc) is 2.72. The number of aryl methyl sites for hydroxylation is 2. The molecule has 0 atom stereocenters. The molecule has 1 heterocycles. The van der Waals surface area contributed by atoms with Crippen LogP contribution in [0.2, 0.25) is 0 Å². The van der Waals surface area contributed by atoms with Gasteiger partial charge in [0.2, 0.25) is 5.91 Å². The summed E-state index contributed by atoms with van der Waals surface area (Å²) < 4.78 is 1.62. The predicted octanol–water partition coefficient (Wildman–Crippen LogP) is -0.474. The molecule has 0 saturated heterocycles. The molecular formula is C13H23N5O2. The molecule has 0 fully saturated rings. The fraction of sp³-hybridized carbons (Fsp3) is 0.615. The van der Waals surface area contributed by atoms with Gasteiger partial charge in [0.25, 0.3) is 5.91 Å². The summed E-state index contributed by atoms with van der Waals surface area (Å²) in [6.45, 7) is 3.35. The van der Waals surface area contributed by atoms with Crippen LogP contribution in [0.15, 0.2) is 6.07 Å². The molecule has 0 saturated carbocycles. The highest BCUT2D eigenvalue weighted by Gasteiger charge is 2.11. The third kappa shape index (κ3) is 5.40. The van der Waals surface area contributed by atoms with E-state index in [1.54, 1.807) is 17.8 Å². The number of aromatic nitrogens is 2. The van der Waals surface area contributed by atoms with Gasteiger partial charge in [0.15, 0.2) is 0 Å². The van der Waals surface area contributed by atoms with Crippen molar-refractivity contribution in [3.05, 3.63) is 17.5 Å². The van der Waals surface area contributed by atoms with E-state index in [1.807, 2.05) is 21.0 Å². The molecule has 0 aliphatic heterocycles. The second kappa shape index (κ2) is 7.64. The number of nitrogens with zero attached hydrogens (tertiary/aromatic N) is 3. The van der Waals surface area contributed by atoms with Gasteiger partial charge in [-0.15, -0.1) is 0 Å². The van der Waals surface area contributed by atoms with Crippen LogP contribution in [0.25, 0.3) is 0 Å². The molecule has 112 valence electrons. The van der Waals surface area contributed by atoms with Crippen LogP contribution in [-0.2, 0) is 11.8 Å². The Morgan fingerprint density at radius 3 is 2.60 bits per heavy atom. The zero-order chi connectivity index (χ0) is 15.1. The van der Waals surface area contributed by atoms with Gasteiger partial charge in [0.05, 0.1) is 6.54 Å². The Bertz CT molecular complexity index is 448. The molecule has 0 unspecified atom stereocenters. The summed E-state index contributed by atoms with van der Waals surface area (Å²) in [6, 6.07) is 1.68. The quantitative estimate of drug-likeness (QED) is 0.662. The minimum Gasteiger partial charge on any atom is -0.355 e. The lowest BCUT2D eigenvalue weighted by molar-refractivity contribution is -0.120. The topological polar surface area (TPSA) is 79.3 Å². The molecule has 0 radical (unpaired) electrons. The highest BCUT2D eigenvalue weighted by Crippen LogP contribution is 2.00. The van der Waals surface area contributed by atoms with E-state index in [2.05, 4.69) is 20.6 Å². The molecule has 1 aromatic heterocycles. The Labute approximate surface area is 119 Å². The summed E-state index contributed by atoms with van der Waals surface area (Å²) >= 11 is 0. The van der Waals surface area contributed by atoms with Crippen LogP contribution < -0.4 is 10.6 Å². The normalized spacial score (nSPS) is 10.7. The average molecular weight is 281 g/mol. The maximum absolute atomic E-state index is 11.8. The molecule has 7 heteroatoms. The van der Waals surface area contributed by atoms with E-state index < -0.39 is 0 Å². The van der Waals surface area contributed by atoms with Crippen molar-refractivity contribution >= 4 is 11.8 Å². The fourth-order valence-electron chi connectivity index (χ4n) is 1.61. The van der Waals surface area contributed by atoms with E-state index in [0.717, 1.165) is 18.7 Å². The molecule has 1 aromatic rings. The molecule has 20 heavy (non-hydrogen) atoms. The molecule has 0 aromatic carbocycles. The summed E-state index contributed by atoms with van der Waals surface area (Å²) in [5.41, 5.74) is 1.22. The Balaban J connectivity index is 2.25. The molecule has 0 spiro atoms. The van der Waals surface area contributed by atoms with E-state index in [-0.39, 0.29) is 18.4 Å². The summed E-state index contributed by atoms with van der Waals surface area (Å²) in [7, 11) is 5.73. The summed E-state index contributed by atoms with van der Waals surface area (Å²) in [5.74, 6) is -0.526. The number of hydrogen-bond acceptors (Lipinski definition) is 4. The van der Waals surface area contributed by atoms with Crippen molar-refractivity contribution in [1.82, 2.24) is 25.3 Å². The first-order chi connectivity index (χ1) is 9.40. The monoisotopic (exact) mass is 281 g/mol. The Morgan fingerprint density at radius 2 is 2.05 bits per heavy atom. The fourth-order valence-corrected chi connectivity index (χ4v) is 1.61. The van der Waals surface area contributed by atoms with Crippen LogP contribution >= 0.6 is 0 Å². The summed E-state index contributed by atoms with van der Waals surface area (Å²) in [6.07, 6.45) is 0.881. The van der Waals surface area contributed by atoms with Gasteiger partial charge in [-0.25, -0.2) is 0 Å². The molecule has 2 N–H and O–H groups in total. The standard InChI is InChI=1S/C13H23N5O2/c1-10-8-11(16-18(10)4)13(20)15-9-12(19)14-6-5-7-17(2)3/h8H,5-7,9H2,1-4H3,(H,14,19)(H,15,20). The second-order valence-corrected chi connectivity index (χ2v) is 4.98. The molecule has 0 bridgehead atoms. The van der Waals surface area contributed by atoms with E-state index in [0.29, 0.717) is 12.2 Å². The number of rotatable bonds is 7. The van der Waals surface area contributed by atoms with Crippen molar-refractivity contribution in [2.75, 3.05) is 33.7 Å². The maximum Gasteiger partial charge on any atom is 0.272 e. The third-order valence-electron chi connectivity index (χ3n) is 2.86. The first-order valence-corrected chi connectivity index (χ1v) is 6.60. The minimum atomic E-state index is -0.336. The third-order valence-corrected chi connectivity index (χ3v) is 2.86. The predicted molar refractivity (Wildman–Crippen MR) is 76.5 cm³/mol. The van der Waals surface area contributed by atoms with Crippen LogP contribution in [0.4, 0.5) is 0 Å². The lowest BCUT2D eigenvalue weighted by Gasteiger charge is -2.10. The zero-order valence-corrected chi connectivity index (χ0v) is 12.6. The lowest BCUT2D eigenvalue weighted by atomic mass is 10.3. The van der Waals surface area contributed by atoms with Crippen molar-refractivity contribution in [3.8, 4) is 0 Å². The minimum absolute atomic E-state index is 0.0313. The van der Waals surface area contributed by atoms with Crippen molar-refractivity contribution in [2.45, 2.75) is 13.3 Å². The first-order valence-electron chi connectivity index (χ1n) is 6.60. The molecule has 2 amide bonds. The first kappa shape index (κ1) is 16.2. The smallest absolute Gasteiger partial charge is 0.272 e. The van der Waals surface area contributed by atoms with E-state index in [1.165, 1.54) is 0 Å². The number of carbonyl (C=O) groups is 2. The van der Waals surface area contributed by atoms with Gasteiger partial charge in [-0.2, -0.15) is 5.10 Å². The molecule has 1 rings (SSSR count). The van der Waals surface area contributed by atoms with E-state index in [9.17, 15) is 9.59 Å². The van der Waals surface area contributed by atoms with Crippen LogP contribution in [0.1, 0.15) is 22.6 Å². The summed E-state index contributed by atoms with van der Waals surface area (Å²) in [5, 5.41) is 9.36. The van der Waals surface area contributed by atoms with Crippen LogP contribution in [-0.4, -0.2) is 60.2 Å². The number of hydrogen-bond donors (Lipinski definition) is 2. The Hall–Kier alpha value is -1.89. The number of carbonyl (C=O) groups excluding carboxylic acids is 2. The Kier molecular flexibility index (Phi) is 6.17. The zero-order valence-electron chi connectivity index (χ0n) is 12.6. The lowest BCUT2D eigenvalue weighted by Crippen LogP contribution is -2.38. The summed E-state index contributed by atoms with van der Waals surface area (Å²) in [4.78, 5) is 25.3. The van der Waals surface area contributed by atoms with Crippen LogP contribution in [0, 0.1) is 6.92 Å². The second-order valence-electron chi connectivity index (χ2n) is 4.98. The number of amides is 2. The van der Waals surface area contributed by atoms with Gasteiger partial charge in [0, 0.05) is 19.3 Å². The van der Waals surface area contributed by atoms with Crippen molar-refractivity contribution in [2.24, 2.45) is 7.05 Å². The molecule has 0 aliphatic rings. The van der Waals surface area contributed by atoms with Gasteiger partial charge in [-0.05, 0) is 40.1 Å². The van der Waals surface area contributed by atoms with Gasteiger partial charge < -0.3 is 15.5 Å². The maximum atomic E-state index is 11.8. The number of nitrogens with one attached hydrogen (secondary N) is 2. The van der Waals surface area contributed by atoms with E-state index >= 15 is 0 Å². The highest BCUT2D eigenvalue weighted by atomic mass is 16.2. The van der Waals surface area contributed by atoms with Gasteiger partial charge in [-0.1, -0.05) is 0 Å². The highest BCUT2D eigenvalue weighted by molar-refractivity contribution is 5.94.